The van der Waals surface area contributed by atoms with Gasteiger partial charge in [0.05, 0.1) is 28.8 Å². The van der Waals surface area contributed by atoms with E-state index in [9.17, 15) is 27.7 Å². The number of aryl methyl sites for hydroxylation is 1. The van der Waals surface area contributed by atoms with Crippen LogP contribution in [-0.4, -0.2) is 39.1 Å². The third-order valence-electron chi connectivity index (χ3n) is 4.81. The average Bonchev–Trinajstić information content (AvgIpc) is 2.83. The van der Waals surface area contributed by atoms with Crippen LogP contribution in [0.3, 0.4) is 0 Å². The van der Waals surface area contributed by atoms with Gasteiger partial charge in [-0.2, -0.15) is 5.10 Å². The summed E-state index contributed by atoms with van der Waals surface area (Å²) in [6.07, 6.45) is 1.18. The largest absolute Gasteiger partial charge is 0.490 e. The molecule has 0 radical (unpaired) electrons. The number of methoxy groups -OCH3 is 1. The van der Waals surface area contributed by atoms with Crippen molar-refractivity contribution in [3.63, 3.8) is 0 Å². The Balaban J connectivity index is 1.82. The number of amides is 1. The molecule has 3 aromatic carbocycles. The molecule has 3 aromatic rings. The molecule has 0 unspecified atom stereocenters. The van der Waals surface area contributed by atoms with Gasteiger partial charge in [0.2, 0.25) is 0 Å². The highest BCUT2D eigenvalue weighted by atomic mass is 32.2. The lowest BCUT2D eigenvalue weighted by molar-refractivity contribution is -0.385. The summed E-state index contributed by atoms with van der Waals surface area (Å²) in [6, 6.07) is 14.8. The number of carbonyl (C=O) groups excluding carboxylic acids is 1. The number of anilines is 1. The Morgan fingerprint density at radius 2 is 1.80 bits per heavy atom. The lowest BCUT2D eigenvalue weighted by atomic mass is 10.2. The number of rotatable bonds is 9. The van der Waals surface area contributed by atoms with Gasteiger partial charge in [0.25, 0.3) is 15.9 Å². The highest BCUT2D eigenvalue weighted by molar-refractivity contribution is 7.92. The number of hydrazone groups is 1. The Kier molecular flexibility index (Phi) is 7.76. The third kappa shape index (κ3) is 6.18. The number of nitro groups is 1. The minimum atomic E-state index is -4.21. The normalized spacial score (nSPS) is 11.3. The maximum atomic E-state index is 13.3. The maximum Gasteiger partial charge on any atom is 0.311 e. The topological polar surface area (TPSA) is 131 Å². The zero-order chi connectivity index (χ0) is 25.6. The lowest BCUT2D eigenvalue weighted by Gasteiger charge is -2.23. The van der Waals surface area contributed by atoms with E-state index < -0.39 is 33.2 Å². The summed E-state index contributed by atoms with van der Waals surface area (Å²) < 4.78 is 45.6. The Hall–Kier alpha value is -4.32. The molecule has 0 spiro atoms. The third-order valence-corrected chi connectivity index (χ3v) is 6.60. The number of halogens is 1. The van der Waals surface area contributed by atoms with Gasteiger partial charge in [-0.3, -0.25) is 19.2 Å². The Bertz CT molecular complexity index is 1360. The predicted octanol–water partition coefficient (Wildman–Crippen LogP) is 3.40. The molecule has 1 N–H and O–H groups in total. The molecular weight excluding hydrogens is 479 g/mol. The number of hydrogen-bond donors (Lipinski definition) is 1. The molecule has 0 saturated heterocycles. The van der Waals surface area contributed by atoms with Crippen molar-refractivity contribution in [2.45, 2.75) is 11.8 Å². The molecule has 12 heteroatoms. The molecule has 3 rings (SSSR count). The van der Waals surface area contributed by atoms with Crippen molar-refractivity contribution in [2.75, 3.05) is 18.0 Å². The van der Waals surface area contributed by atoms with Crippen LogP contribution in [0.1, 0.15) is 11.1 Å². The first kappa shape index (κ1) is 25.3. The van der Waals surface area contributed by atoms with Crippen LogP contribution in [0, 0.1) is 22.9 Å². The summed E-state index contributed by atoms with van der Waals surface area (Å²) in [5, 5.41) is 14.9. The number of nitro benzene ring substituents is 1. The molecule has 0 bridgehead atoms. The van der Waals surface area contributed by atoms with Crippen LogP contribution in [0.25, 0.3) is 0 Å². The molecule has 182 valence electrons. The predicted molar refractivity (Wildman–Crippen MR) is 127 cm³/mol. The molecule has 0 aliphatic heterocycles. The van der Waals surface area contributed by atoms with Gasteiger partial charge in [0, 0.05) is 11.6 Å². The van der Waals surface area contributed by atoms with E-state index in [0.717, 1.165) is 34.1 Å². The van der Waals surface area contributed by atoms with Crippen molar-refractivity contribution < 1.29 is 27.3 Å². The Morgan fingerprint density at radius 1 is 1.14 bits per heavy atom. The Labute approximate surface area is 200 Å². The number of benzene rings is 3. The van der Waals surface area contributed by atoms with E-state index in [1.165, 1.54) is 31.5 Å². The molecule has 0 saturated carbocycles. The molecule has 10 nitrogen and oxygen atoms in total. The second kappa shape index (κ2) is 10.7. The van der Waals surface area contributed by atoms with Gasteiger partial charge in [0.15, 0.2) is 5.75 Å². The number of nitrogens with one attached hydrogen (secondary N) is 1. The average molecular weight is 501 g/mol. The summed E-state index contributed by atoms with van der Waals surface area (Å²) >= 11 is 0. The summed E-state index contributed by atoms with van der Waals surface area (Å²) in [5.41, 5.74) is 3.36. The number of carbonyl (C=O) groups is 1. The van der Waals surface area contributed by atoms with E-state index in [1.807, 2.05) is 6.92 Å². The first-order chi connectivity index (χ1) is 16.6. The van der Waals surface area contributed by atoms with Crippen molar-refractivity contribution in [1.82, 2.24) is 5.43 Å². The van der Waals surface area contributed by atoms with Crippen molar-refractivity contribution in [3.8, 4) is 5.75 Å². The highest BCUT2D eigenvalue weighted by Crippen LogP contribution is 2.27. The van der Waals surface area contributed by atoms with E-state index >= 15 is 0 Å². The number of nitrogens with zero attached hydrogens (tertiary/aromatic N) is 3. The number of sulfonamides is 1. The van der Waals surface area contributed by atoms with E-state index in [4.69, 9.17) is 4.74 Å². The number of hydrogen-bond acceptors (Lipinski definition) is 7. The zero-order valence-corrected chi connectivity index (χ0v) is 19.5. The minimum absolute atomic E-state index is 0.0657. The van der Waals surface area contributed by atoms with Crippen molar-refractivity contribution in [1.29, 1.82) is 0 Å². The Morgan fingerprint density at radius 3 is 2.40 bits per heavy atom. The first-order valence-corrected chi connectivity index (χ1v) is 11.5. The van der Waals surface area contributed by atoms with E-state index in [0.29, 0.717) is 5.56 Å². The second-order valence-electron chi connectivity index (χ2n) is 7.28. The van der Waals surface area contributed by atoms with Crippen LogP contribution >= 0.6 is 0 Å². The molecule has 0 fully saturated rings. The van der Waals surface area contributed by atoms with Gasteiger partial charge < -0.3 is 4.74 Å². The SMILES string of the molecule is COc1ccc(/C=N\NC(=O)CN(c2ccc(C)cc2)S(=O)(=O)c2ccc(F)cc2)cc1[N+](=O)[O-]. The van der Waals surface area contributed by atoms with E-state index in [-0.39, 0.29) is 22.0 Å². The zero-order valence-electron chi connectivity index (χ0n) is 18.7. The van der Waals surface area contributed by atoms with Crippen LogP contribution in [0.4, 0.5) is 15.8 Å². The smallest absolute Gasteiger partial charge is 0.311 e. The fraction of sp³-hybridized carbons (Fsp3) is 0.130. The van der Waals surface area contributed by atoms with Crippen LogP contribution in [0.15, 0.2) is 76.7 Å². The van der Waals surface area contributed by atoms with Crippen LogP contribution < -0.4 is 14.5 Å². The van der Waals surface area contributed by atoms with E-state index in [2.05, 4.69) is 10.5 Å². The fourth-order valence-corrected chi connectivity index (χ4v) is 4.46. The molecule has 0 aliphatic carbocycles. The number of ether oxygens (including phenoxy) is 1. The molecule has 0 heterocycles. The van der Waals surface area contributed by atoms with Gasteiger partial charge in [0.1, 0.15) is 12.4 Å². The van der Waals surface area contributed by atoms with Gasteiger partial charge in [-0.05, 0) is 55.5 Å². The van der Waals surface area contributed by atoms with Gasteiger partial charge >= 0.3 is 5.69 Å². The molecule has 0 atom stereocenters. The van der Waals surface area contributed by atoms with Crippen molar-refractivity contribution in [2.24, 2.45) is 5.10 Å². The van der Waals surface area contributed by atoms with Gasteiger partial charge in [-0.15, -0.1) is 0 Å². The summed E-state index contributed by atoms with van der Waals surface area (Å²) in [4.78, 5) is 22.9. The second-order valence-corrected chi connectivity index (χ2v) is 9.15. The van der Waals surface area contributed by atoms with Crippen LogP contribution in [0.5, 0.6) is 5.75 Å². The molecule has 0 aromatic heterocycles. The molecule has 1 amide bonds. The maximum absolute atomic E-state index is 13.3. The molecule has 35 heavy (non-hydrogen) atoms. The molecular formula is C23H21FN4O6S. The van der Waals surface area contributed by atoms with Gasteiger partial charge in [-0.1, -0.05) is 17.7 Å². The lowest BCUT2D eigenvalue weighted by Crippen LogP contribution is -2.39. The monoisotopic (exact) mass is 500 g/mol. The van der Waals surface area contributed by atoms with Crippen LogP contribution in [0.2, 0.25) is 0 Å². The fourth-order valence-electron chi connectivity index (χ4n) is 3.03. The highest BCUT2D eigenvalue weighted by Gasteiger charge is 2.27. The van der Waals surface area contributed by atoms with Crippen molar-refractivity contribution in [3.05, 3.63) is 93.8 Å². The summed E-state index contributed by atoms with van der Waals surface area (Å²) in [7, 11) is -2.91. The molecule has 0 aliphatic rings. The van der Waals surface area contributed by atoms with E-state index in [1.54, 1.807) is 24.3 Å². The van der Waals surface area contributed by atoms with Gasteiger partial charge in [-0.25, -0.2) is 18.2 Å². The minimum Gasteiger partial charge on any atom is -0.490 e. The van der Waals surface area contributed by atoms with Crippen LogP contribution in [-0.2, 0) is 14.8 Å². The summed E-state index contributed by atoms with van der Waals surface area (Å²) in [6.45, 7) is 1.20. The first-order valence-electron chi connectivity index (χ1n) is 10.1. The van der Waals surface area contributed by atoms with Crippen molar-refractivity contribution >= 4 is 33.5 Å². The standard InChI is InChI=1S/C23H21FN4O6S/c1-16-3-8-19(9-4-16)27(35(32,33)20-10-6-18(24)7-11-20)15-23(29)26-25-14-17-5-12-22(34-2)21(13-17)28(30)31/h3-14H,15H2,1-2H3,(H,26,29)/b25-14-. The summed E-state index contributed by atoms with van der Waals surface area (Å²) in [5.74, 6) is -1.30. The quantitative estimate of drug-likeness (QED) is 0.272.